The van der Waals surface area contributed by atoms with Crippen molar-refractivity contribution in [1.29, 1.82) is 0 Å². The molecular weight excluding hydrogens is 348 g/mol. The van der Waals surface area contributed by atoms with Crippen LogP contribution in [-0.2, 0) is 16.1 Å². The van der Waals surface area contributed by atoms with Gasteiger partial charge < -0.3 is 9.64 Å². The third-order valence-corrected chi connectivity index (χ3v) is 3.63. The van der Waals surface area contributed by atoms with Crippen LogP contribution >= 0.6 is 11.6 Å². The second-order valence-corrected chi connectivity index (χ2v) is 5.70. The van der Waals surface area contributed by atoms with Gasteiger partial charge in [-0.05, 0) is 23.8 Å². The predicted octanol–water partition coefficient (Wildman–Crippen LogP) is 3.06. The number of nitrogens with zero attached hydrogens (tertiary/aromatic N) is 2. The minimum Gasteiger partial charge on any atom is -0.452 e. The van der Waals surface area contributed by atoms with E-state index in [0.717, 1.165) is 11.6 Å². The molecule has 2 aromatic rings. The highest BCUT2D eigenvalue weighted by Gasteiger charge is 2.16. The molecule has 0 radical (unpaired) electrons. The lowest BCUT2D eigenvalue weighted by Crippen LogP contribution is -2.30. The van der Waals surface area contributed by atoms with Gasteiger partial charge in [0.25, 0.3) is 11.6 Å². The minimum absolute atomic E-state index is 0.0161. The van der Waals surface area contributed by atoms with Crippen molar-refractivity contribution in [3.8, 4) is 0 Å². The Morgan fingerprint density at radius 3 is 2.52 bits per heavy atom. The summed E-state index contributed by atoms with van der Waals surface area (Å²) in [5, 5.41) is 11.3. The van der Waals surface area contributed by atoms with Crippen LogP contribution in [0.2, 0.25) is 5.02 Å². The molecule has 8 heteroatoms. The van der Waals surface area contributed by atoms with Gasteiger partial charge in [0.15, 0.2) is 6.61 Å². The first-order chi connectivity index (χ1) is 11.9. The fourth-order valence-electron chi connectivity index (χ4n) is 2.02. The van der Waals surface area contributed by atoms with Crippen LogP contribution in [0.5, 0.6) is 0 Å². The third kappa shape index (κ3) is 5.29. The molecule has 0 heterocycles. The van der Waals surface area contributed by atoms with Crippen LogP contribution in [-0.4, -0.2) is 35.4 Å². The quantitative estimate of drug-likeness (QED) is 0.447. The van der Waals surface area contributed by atoms with E-state index < -0.39 is 23.4 Å². The van der Waals surface area contributed by atoms with Crippen molar-refractivity contribution in [2.75, 3.05) is 13.7 Å². The fraction of sp³-hybridized carbons (Fsp3) is 0.176. The SMILES string of the molecule is CN(Cc1ccc(Cl)cc1)C(=O)COC(=O)c1cccc([N+](=O)[O-])c1. The molecule has 0 aliphatic rings. The highest BCUT2D eigenvalue weighted by molar-refractivity contribution is 6.30. The summed E-state index contributed by atoms with van der Waals surface area (Å²) in [7, 11) is 1.58. The van der Waals surface area contributed by atoms with E-state index >= 15 is 0 Å². The first kappa shape index (κ1) is 18.4. The van der Waals surface area contributed by atoms with Gasteiger partial charge in [-0.25, -0.2) is 4.79 Å². The van der Waals surface area contributed by atoms with Crippen LogP contribution in [0.4, 0.5) is 5.69 Å². The Balaban J connectivity index is 1.90. The number of carbonyl (C=O) groups excluding carboxylic acids is 2. The molecule has 0 aliphatic heterocycles. The summed E-state index contributed by atoms with van der Waals surface area (Å²) >= 11 is 5.80. The lowest BCUT2D eigenvalue weighted by atomic mass is 10.2. The zero-order valence-electron chi connectivity index (χ0n) is 13.3. The molecule has 0 bridgehead atoms. The molecule has 2 rings (SSSR count). The molecule has 0 N–H and O–H groups in total. The summed E-state index contributed by atoms with van der Waals surface area (Å²) < 4.78 is 4.93. The van der Waals surface area contributed by atoms with Gasteiger partial charge >= 0.3 is 5.97 Å². The van der Waals surface area contributed by atoms with Crippen LogP contribution in [0.1, 0.15) is 15.9 Å². The lowest BCUT2D eigenvalue weighted by Gasteiger charge is -2.17. The Labute approximate surface area is 148 Å². The highest BCUT2D eigenvalue weighted by Crippen LogP contribution is 2.14. The van der Waals surface area contributed by atoms with E-state index in [2.05, 4.69) is 0 Å². The molecule has 0 spiro atoms. The molecule has 25 heavy (non-hydrogen) atoms. The summed E-state index contributed by atoms with van der Waals surface area (Å²) in [5.74, 6) is -1.19. The van der Waals surface area contributed by atoms with Gasteiger partial charge in [-0.2, -0.15) is 0 Å². The number of amides is 1. The van der Waals surface area contributed by atoms with Crippen LogP contribution in [0.25, 0.3) is 0 Å². The van der Waals surface area contributed by atoms with Crippen molar-refractivity contribution in [3.05, 3.63) is 74.8 Å². The maximum absolute atomic E-state index is 12.0. The average molecular weight is 363 g/mol. The summed E-state index contributed by atoms with van der Waals surface area (Å²) in [4.78, 5) is 35.5. The molecule has 1 amide bonds. The summed E-state index contributed by atoms with van der Waals surface area (Å²) in [6.45, 7) is -0.115. The van der Waals surface area contributed by atoms with E-state index in [0.29, 0.717) is 11.6 Å². The van der Waals surface area contributed by atoms with E-state index in [-0.39, 0.29) is 11.3 Å². The minimum atomic E-state index is -0.794. The van der Waals surface area contributed by atoms with E-state index in [1.807, 2.05) is 0 Å². The number of rotatable bonds is 6. The van der Waals surface area contributed by atoms with Crippen LogP contribution in [0.3, 0.4) is 0 Å². The standard InChI is InChI=1S/C17H15ClN2O5/c1-19(10-12-5-7-14(18)8-6-12)16(21)11-25-17(22)13-3-2-4-15(9-13)20(23)24/h2-9H,10-11H2,1H3. The van der Waals surface area contributed by atoms with Crippen LogP contribution in [0, 0.1) is 10.1 Å². The maximum atomic E-state index is 12.0. The molecule has 0 aliphatic carbocycles. The predicted molar refractivity (Wildman–Crippen MR) is 91.3 cm³/mol. The zero-order chi connectivity index (χ0) is 18.4. The summed E-state index contributed by atoms with van der Waals surface area (Å²) in [5.41, 5.74) is 0.674. The monoisotopic (exact) mass is 362 g/mol. The molecule has 7 nitrogen and oxygen atoms in total. The molecule has 0 saturated carbocycles. The van der Waals surface area contributed by atoms with Gasteiger partial charge in [-0.3, -0.25) is 14.9 Å². The second-order valence-electron chi connectivity index (χ2n) is 5.26. The topological polar surface area (TPSA) is 89.8 Å². The number of likely N-dealkylation sites (N-methyl/N-ethyl adjacent to an activating group) is 1. The van der Waals surface area contributed by atoms with Crippen molar-refractivity contribution in [1.82, 2.24) is 4.90 Å². The Bertz CT molecular complexity index is 792. The molecule has 0 atom stereocenters. The van der Waals surface area contributed by atoms with E-state index in [4.69, 9.17) is 16.3 Å². The summed E-state index contributed by atoms with van der Waals surface area (Å²) in [6.07, 6.45) is 0. The Morgan fingerprint density at radius 2 is 1.88 bits per heavy atom. The molecule has 0 saturated heterocycles. The number of carbonyl (C=O) groups is 2. The molecular formula is C17H15ClN2O5. The van der Waals surface area contributed by atoms with Crippen LogP contribution in [0.15, 0.2) is 48.5 Å². The normalized spacial score (nSPS) is 10.2. The van der Waals surface area contributed by atoms with Gasteiger partial charge in [0, 0.05) is 30.7 Å². The van der Waals surface area contributed by atoms with Crippen molar-refractivity contribution in [2.24, 2.45) is 0 Å². The van der Waals surface area contributed by atoms with Crippen LogP contribution < -0.4 is 0 Å². The summed E-state index contributed by atoms with van der Waals surface area (Å²) in [6, 6.07) is 12.2. The number of halogens is 1. The Morgan fingerprint density at radius 1 is 1.20 bits per heavy atom. The van der Waals surface area contributed by atoms with Crippen molar-refractivity contribution >= 4 is 29.2 Å². The number of hydrogen-bond donors (Lipinski definition) is 0. The number of benzene rings is 2. The maximum Gasteiger partial charge on any atom is 0.338 e. The Kier molecular flexibility index (Phi) is 6.08. The average Bonchev–Trinajstić information content (AvgIpc) is 2.61. The Hall–Kier alpha value is -2.93. The van der Waals surface area contributed by atoms with Gasteiger partial charge in [-0.1, -0.05) is 29.8 Å². The molecule has 0 unspecified atom stereocenters. The molecule has 0 aromatic heterocycles. The number of ether oxygens (including phenoxy) is 1. The van der Waals surface area contributed by atoms with Gasteiger partial charge in [0.05, 0.1) is 10.5 Å². The fourth-order valence-corrected chi connectivity index (χ4v) is 2.15. The number of non-ortho nitro benzene ring substituents is 1. The van der Waals surface area contributed by atoms with Crippen molar-refractivity contribution < 1.29 is 19.2 Å². The van der Waals surface area contributed by atoms with E-state index in [1.54, 1.807) is 31.3 Å². The molecule has 2 aromatic carbocycles. The zero-order valence-corrected chi connectivity index (χ0v) is 14.1. The molecule has 0 fully saturated rings. The highest BCUT2D eigenvalue weighted by atomic mass is 35.5. The largest absolute Gasteiger partial charge is 0.452 e. The van der Waals surface area contributed by atoms with Crippen molar-refractivity contribution in [3.63, 3.8) is 0 Å². The third-order valence-electron chi connectivity index (χ3n) is 3.38. The second kappa shape index (κ2) is 8.25. The first-order valence-corrected chi connectivity index (χ1v) is 7.64. The van der Waals surface area contributed by atoms with Gasteiger partial charge in [-0.15, -0.1) is 0 Å². The van der Waals surface area contributed by atoms with Crippen molar-refractivity contribution in [2.45, 2.75) is 6.54 Å². The van der Waals surface area contributed by atoms with E-state index in [1.165, 1.54) is 23.1 Å². The number of hydrogen-bond acceptors (Lipinski definition) is 5. The lowest BCUT2D eigenvalue weighted by molar-refractivity contribution is -0.384. The van der Waals surface area contributed by atoms with Gasteiger partial charge in [0.2, 0.25) is 0 Å². The van der Waals surface area contributed by atoms with Gasteiger partial charge in [0.1, 0.15) is 0 Å². The number of esters is 1. The number of nitro benzene ring substituents is 1. The molecule has 130 valence electrons. The number of nitro groups is 1. The first-order valence-electron chi connectivity index (χ1n) is 7.27. The smallest absolute Gasteiger partial charge is 0.338 e. The van der Waals surface area contributed by atoms with E-state index in [9.17, 15) is 19.7 Å².